The first-order valence-corrected chi connectivity index (χ1v) is 8.12. The second kappa shape index (κ2) is 6.87. The van der Waals surface area contributed by atoms with Gasteiger partial charge in [-0.2, -0.15) is 0 Å². The molecule has 0 saturated carbocycles. The first kappa shape index (κ1) is 16.4. The molecular weight excluding hydrogens is 299 g/mol. The number of rotatable bonds is 5. The third kappa shape index (κ3) is 3.27. The topological polar surface area (TPSA) is 52.9 Å². The largest absolute Gasteiger partial charge is 0.308 e. The van der Waals surface area contributed by atoms with E-state index >= 15 is 0 Å². The molecule has 0 fully saturated rings. The van der Waals surface area contributed by atoms with Crippen LogP contribution >= 0.6 is 11.9 Å². The third-order valence-electron chi connectivity index (χ3n) is 3.33. The molecular formula is C16H19FN4S. The SMILES string of the molecule is CSN(C)c1nc(-c2ccc(F)cc2)c(C=N)c(C(C)C)n1. The van der Waals surface area contributed by atoms with Crippen molar-refractivity contribution in [3.8, 4) is 11.3 Å². The summed E-state index contributed by atoms with van der Waals surface area (Å²) in [6.07, 6.45) is 3.22. The summed E-state index contributed by atoms with van der Waals surface area (Å²) in [6.45, 7) is 4.07. The summed E-state index contributed by atoms with van der Waals surface area (Å²) >= 11 is 1.51. The predicted molar refractivity (Wildman–Crippen MR) is 91.3 cm³/mol. The molecule has 0 aliphatic carbocycles. The van der Waals surface area contributed by atoms with Gasteiger partial charge >= 0.3 is 0 Å². The normalized spacial score (nSPS) is 10.8. The summed E-state index contributed by atoms with van der Waals surface area (Å²) in [5, 5.41) is 7.74. The lowest BCUT2D eigenvalue weighted by atomic mass is 9.99. The van der Waals surface area contributed by atoms with Crippen LogP contribution in [0.4, 0.5) is 10.3 Å². The Hall–Kier alpha value is -1.95. The number of halogens is 1. The van der Waals surface area contributed by atoms with Gasteiger partial charge < -0.3 is 5.41 Å². The highest BCUT2D eigenvalue weighted by Crippen LogP contribution is 2.29. The van der Waals surface area contributed by atoms with Crippen molar-refractivity contribution in [1.82, 2.24) is 9.97 Å². The first-order valence-electron chi connectivity index (χ1n) is 6.94. The van der Waals surface area contributed by atoms with Gasteiger partial charge in [-0.1, -0.05) is 25.8 Å². The van der Waals surface area contributed by atoms with Gasteiger partial charge in [0.1, 0.15) is 5.82 Å². The summed E-state index contributed by atoms with van der Waals surface area (Å²) < 4.78 is 15.0. The van der Waals surface area contributed by atoms with Gasteiger partial charge in [-0.05, 0) is 30.2 Å². The van der Waals surface area contributed by atoms with Crippen LogP contribution in [-0.2, 0) is 0 Å². The van der Waals surface area contributed by atoms with Crippen LogP contribution < -0.4 is 4.31 Å². The molecule has 2 aromatic rings. The van der Waals surface area contributed by atoms with E-state index in [1.165, 1.54) is 30.3 Å². The molecule has 0 amide bonds. The fourth-order valence-corrected chi connectivity index (χ4v) is 2.35. The molecule has 1 aromatic carbocycles. The van der Waals surface area contributed by atoms with Gasteiger partial charge in [0.05, 0.1) is 11.4 Å². The molecule has 2 rings (SSSR count). The summed E-state index contributed by atoms with van der Waals surface area (Å²) in [4.78, 5) is 9.16. The Balaban J connectivity index is 2.71. The van der Waals surface area contributed by atoms with E-state index in [-0.39, 0.29) is 11.7 Å². The minimum Gasteiger partial charge on any atom is -0.308 e. The molecule has 1 heterocycles. The van der Waals surface area contributed by atoms with Crippen molar-refractivity contribution in [2.45, 2.75) is 19.8 Å². The van der Waals surface area contributed by atoms with Crippen LogP contribution in [-0.4, -0.2) is 29.5 Å². The van der Waals surface area contributed by atoms with Crippen LogP contribution in [0, 0.1) is 11.2 Å². The van der Waals surface area contributed by atoms with Crippen LogP contribution in [0.25, 0.3) is 11.3 Å². The van der Waals surface area contributed by atoms with Crippen molar-refractivity contribution in [3.05, 3.63) is 41.3 Å². The minimum absolute atomic E-state index is 0.160. The number of nitrogens with zero attached hydrogens (tertiary/aromatic N) is 3. The fraction of sp³-hybridized carbons (Fsp3) is 0.312. The summed E-state index contributed by atoms with van der Waals surface area (Å²) in [7, 11) is 1.89. The highest BCUT2D eigenvalue weighted by Gasteiger charge is 2.18. The zero-order valence-electron chi connectivity index (χ0n) is 13.1. The molecule has 4 nitrogen and oxygen atoms in total. The monoisotopic (exact) mass is 318 g/mol. The van der Waals surface area contributed by atoms with Crippen molar-refractivity contribution in [2.75, 3.05) is 17.6 Å². The number of benzene rings is 1. The second-order valence-electron chi connectivity index (χ2n) is 5.16. The van der Waals surface area contributed by atoms with E-state index < -0.39 is 0 Å². The average molecular weight is 318 g/mol. The first-order chi connectivity index (χ1) is 10.5. The van der Waals surface area contributed by atoms with Gasteiger partial charge in [-0.15, -0.1) is 0 Å². The van der Waals surface area contributed by atoms with E-state index in [0.717, 1.165) is 11.3 Å². The molecule has 1 N–H and O–H groups in total. The molecule has 0 bridgehead atoms. The second-order valence-corrected chi connectivity index (χ2v) is 6.07. The summed E-state index contributed by atoms with van der Waals surface area (Å²) in [6, 6.07) is 6.16. The van der Waals surface area contributed by atoms with Crippen LogP contribution in [0.5, 0.6) is 0 Å². The van der Waals surface area contributed by atoms with Crippen molar-refractivity contribution in [2.24, 2.45) is 0 Å². The van der Waals surface area contributed by atoms with Gasteiger partial charge in [0, 0.05) is 30.6 Å². The van der Waals surface area contributed by atoms with E-state index in [1.54, 1.807) is 12.1 Å². The quantitative estimate of drug-likeness (QED) is 0.665. The van der Waals surface area contributed by atoms with Gasteiger partial charge in [-0.3, -0.25) is 4.31 Å². The Labute approximate surface area is 134 Å². The number of nitrogens with one attached hydrogen (secondary N) is 1. The van der Waals surface area contributed by atoms with E-state index in [2.05, 4.69) is 9.97 Å². The minimum atomic E-state index is -0.292. The van der Waals surface area contributed by atoms with Gasteiger partial charge in [0.2, 0.25) is 5.95 Å². The fourth-order valence-electron chi connectivity index (χ4n) is 2.11. The zero-order valence-corrected chi connectivity index (χ0v) is 13.9. The Morgan fingerprint density at radius 2 is 1.86 bits per heavy atom. The predicted octanol–water partition coefficient (Wildman–Crippen LogP) is 4.12. The van der Waals surface area contributed by atoms with Crippen molar-refractivity contribution < 1.29 is 4.39 Å². The molecule has 0 radical (unpaired) electrons. The summed E-state index contributed by atoms with van der Waals surface area (Å²) in [5.41, 5.74) is 2.93. The lowest BCUT2D eigenvalue weighted by molar-refractivity contribution is 0.628. The highest BCUT2D eigenvalue weighted by molar-refractivity contribution is 7.99. The molecule has 1 aromatic heterocycles. The molecule has 0 unspecified atom stereocenters. The maximum absolute atomic E-state index is 13.2. The van der Waals surface area contributed by atoms with Gasteiger partial charge in [0.25, 0.3) is 0 Å². The standard InChI is InChI=1S/C16H19FN4S/c1-10(2)14-13(9-18)15(11-5-7-12(17)8-6-11)20-16(19-14)21(3)22-4/h5-10,18H,1-4H3. The van der Waals surface area contributed by atoms with Gasteiger partial charge in [-0.25, -0.2) is 14.4 Å². The van der Waals surface area contributed by atoms with Crippen molar-refractivity contribution >= 4 is 24.1 Å². The maximum Gasteiger partial charge on any atom is 0.236 e. The van der Waals surface area contributed by atoms with E-state index in [1.807, 2.05) is 31.5 Å². The van der Waals surface area contributed by atoms with Crippen LogP contribution in [0.2, 0.25) is 0 Å². The number of aromatic nitrogens is 2. The lowest BCUT2D eigenvalue weighted by Gasteiger charge is -2.19. The number of hydrogen-bond donors (Lipinski definition) is 1. The molecule has 116 valence electrons. The molecule has 0 atom stereocenters. The third-order valence-corrected chi connectivity index (χ3v) is 4.04. The number of anilines is 1. The molecule has 0 aliphatic rings. The van der Waals surface area contributed by atoms with Crippen molar-refractivity contribution in [1.29, 1.82) is 5.41 Å². The molecule has 0 spiro atoms. The molecule has 0 aliphatic heterocycles. The van der Waals surface area contributed by atoms with Crippen LogP contribution in [0.15, 0.2) is 24.3 Å². The molecule has 0 saturated heterocycles. The molecule has 22 heavy (non-hydrogen) atoms. The van der Waals surface area contributed by atoms with E-state index in [0.29, 0.717) is 17.2 Å². The highest BCUT2D eigenvalue weighted by atomic mass is 32.2. The van der Waals surface area contributed by atoms with E-state index in [9.17, 15) is 4.39 Å². The zero-order chi connectivity index (χ0) is 16.3. The molecule has 6 heteroatoms. The Kier molecular flexibility index (Phi) is 5.13. The van der Waals surface area contributed by atoms with Gasteiger partial charge in [0.15, 0.2) is 0 Å². The Morgan fingerprint density at radius 3 is 2.36 bits per heavy atom. The van der Waals surface area contributed by atoms with Crippen LogP contribution in [0.3, 0.4) is 0 Å². The summed E-state index contributed by atoms with van der Waals surface area (Å²) in [5.74, 6) is 0.452. The lowest BCUT2D eigenvalue weighted by Crippen LogP contribution is -2.14. The maximum atomic E-state index is 13.2. The smallest absolute Gasteiger partial charge is 0.236 e. The van der Waals surface area contributed by atoms with E-state index in [4.69, 9.17) is 5.41 Å². The van der Waals surface area contributed by atoms with Crippen molar-refractivity contribution in [3.63, 3.8) is 0 Å². The number of hydrogen-bond acceptors (Lipinski definition) is 5. The van der Waals surface area contributed by atoms with Crippen LogP contribution in [0.1, 0.15) is 31.0 Å². The average Bonchev–Trinajstić information content (AvgIpc) is 2.53. The Morgan fingerprint density at radius 1 is 1.23 bits per heavy atom. The Bertz CT molecular complexity index is 671.